The molecule has 1 saturated heterocycles. The van der Waals surface area contributed by atoms with E-state index in [2.05, 4.69) is 13.8 Å². The average Bonchev–Trinajstić information content (AvgIpc) is 2.74. The second-order valence-corrected chi connectivity index (χ2v) is 8.51. The van der Waals surface area contributed by atoms with Crippen molar-refractivity contribution in [2.75, 3.05) is 5.75 Å². The molecule has 3 rings (SSSR count). The maximum atomic E-state index is 12.4. The molecule has 18 heavy (non-hydrogen) atoms. The van der Waals surface area contributed by atoms with E-state index in [0.29, 0.717) is 5.92 Å². The first kappa shape index (κ1) is 12.5. The van der Waals surface area contributed by atoms with Crippen LogP contribution in [0.5, 0.6) is 0 Å². The zero-order chi connectivity index (χ0) is 13.3. The van der Waals surface area contributed by atoms with Crippen molar-refractivity contribution < 1.29 is 13.2 Å². The maximum Gasteiger partial charge on any atom is 0.238 e. The normalized spacial score (nSPS) is 43.2. The van der Waals surface area contributed by atoms with Crippen molar-refractivity contribution in [2.45, 2.75) is 52.5 Å². The second kappa shape index (κ2) is 3.30. The average molecular weight is 271 g/mol. The Bertz CT molecular complexity index is 510. The molecule has 2 aliphatic carbocycles. The molecular formula is C13H21NO3S. The number of carbonyl (C=O) groups excluding carboxylic acids is 1. The highest BCUT2D eigenvalue weighted by Gasteiger charge is 2.72. The highest BCUT2D eigenvalue weighted by molar-refractivity contribution is 7.90. The van der Waals surface area contributed by atoms with E-state index in [1.54, 1.807) is 6.92 Å². The minimum atomic E-state index is -3.39. The van der Waals surface area contributed by atoms with Gasteiger partial charge in [0.05, 0.1) is 11.8 Å². The molecule has 1 aliphatic heterocycles. The highest BCUT2D eigenvalue weighted by atomic mass is 32.2. The van der Waals surface area contributed by atoms with Crippen LogP contribution in [0.25, 0.3) is 0 Å². The summed E-state index contributed by atoms with van der Waals surface area (Å²) < 4.78 is 25.9. The number of amides is 1. The Kier molecular flexibility index (Phi) is 2.28. The number of hydrogen-bond donors (Lipinski definition) is 0. The van der Waals surface area contributed by atoms with Gasteiger partial charge in [-0.2, -0.15) is 0 Å². The van der Waals surface area contributed by atoms with E-state index in [1.165, 1.54) is 4.31 Å². The number of nitrogens with zero attached hydrogens (tertiary/aromatic N) is 1. The maximum absolute atomic E-state index is 12.4. The number of sulfonamides is 1. The van der Waals surface area contributed by atoms with Crippen LogP contribution in [0.3, 0.4) is 0 Å². The van der Waals surface area contributed by atoms with Gasteiger partial charge in [-0.1, -0.05) is 20.8 Å². The molecule has 0 radical (unpaired) electrons. The number of rotatable bonds is 1. The number of carbonyl (C=O) groups is 1. The summed E-state index contributed by atoms with van der Waals surface area (Å²) in [5.41, 5.74) is -0.130. The van der Waals surface area contributed by atoms with E-state index in [1.807, 2.05) is 0 Å². The van der Waals surface area contributed by atoms with Gasteiger partial charge in [-0.25, -0.2) is 12.7 Å². The Balaban J connectivity index is 2.11. The van der Waals surface area contributed by atoms with Crippen LogP contribution in [-0.4, -0.2) is 30.4 Å². The first-order valence-corrected chi connectivity index (χ1v) is 8.42. The number of hydrogen-bond acceptors (Lipinski definition) is 3. The van der Waals surface area contributed by atoms with Crippen LogP contribution in [0.15, 0.2) is 0 Å². The minimum Gasteiger partial charge on any atom is -0.274 e. The zero-order valence-electron chi connectivity index (χ0n) is 11.3. The Morgan fingerprint density at radius 1 is 1.39 bits per heavy atom. The van der Waals surface area contributed by atoms with Crippen molar-refractivity contribution in [3.63, 3.8) is 0 Å². The van der Waals surface area contributed by atoms with Gasteiger partial charge in [0.2, 0.25) is 15.9 Å². The van der Waals surface area contributed by atoms with Gasteiger partial charge in [0.1, 0.15) is 0 Å². The molecule has 0 aromatic heterocycles. The molecule has 0 aromatic rings. The third-order valence-electron chi connectivity index (χ3n) is 5.96. The summed E-state index contributed by atoms with van der Waals surface area (Å²) in [6.07, 6.45) is 3.23. The van der Waals surface area contributed by atoms with Gasteiger partial charge in [0.15, 0.2) is 0 Å². The lowest BCUT2D eigenvalue weighted by Crippen LogP contribution is -2.43. The van der Waals surface area contributed by atoms with E-state index in [4.69, 9.17) is 0 Å². The van der Waals surface area contributed by atoms with Crippen LogP contribution < -0.4 is 0 Å². The van der Waals surface area contributed by atoms with Gasteiger partial charge in [0, 0.05) is 11.8 Å². The second-order valence-electron chi connectivity index (χ2n) is 6.66. The van der Waals surface area contributed by atoms with Crippen molar-refractivity contribution in [3.8, 4) is 0 Å². The fourth-order valence-corrected chi connectivity index (χ4v) is 7.39. The van der Waals surface area contributed by atoms with E-state index in [0.717, 1.165) is 19.3 Å². The van der Waals surface area contributed by atoms with E-state index >= 15 is 0 Å². The monoisotopic (exact) mass is 271 g/mol. The molecule has 3 aliphatic rings. The molecule has 4 nitrogen and oxygen atoms in total. The lowest BCUT2D eigenvalue weighted by Gasteiger charge is -2.37. The summed E-state index contributed by atoms with van der Waals surface area (Å²) in [4.78, 5) is 12.0. The lowest BCUT2D eigenvalue weighted by atomic mass is 9.69. The topological polar surface area (TPSA) is 54.5 Å². The fraction of sp³-hybridized carbons (Fsp3) is 0.923. The Morgan fingerprint density at radius 2 is 2.06 bits per heavy atom. The van der Waals surface area contributed by atoms with E-state index in [9.17, 15) is 13.2 Å². The molecule has 2 saturated carbocycles. The number of fused-ring (bicyclic) bond motifs is 1. The third kappa shape index (κ3) is 1.17. The third-order valence-corrected chi connectivity index (χ3v) is 7.90. The molecule has 0 unspecified atom stereocenters. The van der Waals surface area contributed by atoms with Crippen LogP contribution in [0.4, 0.5) is 0 Å². The SMILES string of the molecule is CCC(=O)N1[C@@H]2C[C@H]3CC[C@]2(CS1(=O)=O)C3(C)C. The molecular weight excluding hydrogens is 250 g/mol. The molecule has 1 spiro atoms. The van der Waals surface area contributed by atoms with Crippen LogP contribution in [0.1, 0.15) is 46.5 Å². The molecule has 3 fully saturated rings. The van der Waals surface area contributed by atoms with Crippen LogP contribution in [0, 0.1) is 16.7 Å². The largest absolute Gasteiger partial charge is 0.274 e. The van der Waals surface area contributed by atoms with Crippen molar-refractivity contribution in [2.24, 2.45) is 16.7 Å². The summed E-state index contributed by atoms with van der Waals surface area (Å²) in [7, 11) is -3.39. The Labute approximate surface area is 109 Å². The lowest BCUT2D eigenvalue weighted by molar-refractivity contribution is -0.128. The molecule has 5 heteroatoms. The van der Waals surface area contributed by atoms with Crippen LogP contribution >= 0.6 is 0 Å². The van der Waals surface area contributed by atoms with Crippen molar-refractivity contribution in [1.82, 2.24) is 4.31 Å². The van der Waals surface area contributed by atoms with E-state index < -0.39 is 10.0 Å². The Hall–Kier alpha value is -0.580. The van der Waals surface area contributed by atoms with Gasteiger partial charge in [-0.05, 0) is 30.6 Å². The van der Waals surface area contributed by atoms with Gasteiger partial charge >= 0.3 is 0 Å². The van der Waals surface area contributed by atoms with Gasteiger partial charge in [-0.15, -0.1) is 0 Å². The first-order chi connectivity index (χ1) is 8.26. The van der Waals surface area contributed by atoms with Crippen LogP contribution in [0.2, 0.25) is 0 Å². The van der Waals surface area contributed by atoms with Gasteiger partial charge in [0.25, 0.3) is 0 Å². The molecule has 0 aromatic carbocycles. The predicted octanol–water partition coefficient (Wildman–Crippen LogP) is 1.76. The fourth-order valence-electron chi connectivity index (χ4n) is 4.77. The smallest absolute Gasteiger partial charge is 0.238 e. The summed E-state index contributed by atoms with van der Waals surface area (Å²) in [5.74, 6) is 0.533. The predicted molar refractivity (Wildman–Crippen MR) is 68.3 cm³/mol. The van der Waals surface area contributed by atoms with Crippen molar-refractivity contribution >= 4 is 15.9 Å². The van der Waals surface area contributed by atoms with Gasteiger partial charge in [-0.3, -0.25) is 4.79 Å². The molecule has 1 amide bonds. The molecule has 1 heterocycles. The van der Waals surface area contributed by atoms with E-state index in [-0.39, 0.29) is 35.0 Å². The highest BCUT2D eigenvalue weighted by Crippen LogP contribution is 2.69. The van der Waals surface area contributed by atoms with Crippen molar-refractivity contribution in [3.05, 3.63) is 0 Å². The van der Waals surface area contributed by atoms with Gasteiger partial charge < -0.3 is 0 Å². The zero-order valence-corrected chi connectivity index (χ0v) is 12.1. The van der Waals surface area contributed by atoms with Crippen molar-refractivity contribution in [1.29, 1.82) is 0 Å². The first-order valence-electron chi connectivity index (χ1n) is 6.81. The quantitative estimate of drug-likeness (QED) is 0.730. The summed E-state index contributed by atoms with van der Waals surface area (Å²) in [6, 6.07) is -0.0660. The molecule has 2 bridgehead atoms. The summed E-state index contributed by atoms with van der Waals surface area (Å²) >= 11 is 0. The summed E-state index contributed by atoms with van der Waals surface area (Å²) in [6.45, 7) is 6.13. The van der Waals surface area contributed by atoms with Crippen LogP contribution in [-0.2, 0) is 14.8 Å². The summed E-state index contributed by atoms with van der Waals surface area (Å²) in [5, 5.41) is 0. The Morgan fingerprint density at radius 3 is 2.61 bits per heavy atom. The molecule has 0 N–H and O–H groups in total. The molecule has 3 atom stereocenters. The minimum absolute atomic E-state index is 0.0491. The molecule has 102 valence electrons. The standard InChI is InChI=1S/C13H21NO3S/c1-4-11(15)14-10-7-9-5-6-13(10,12(9,2)3)8-18(14,16)17/h9-10H,4-8H2,1-3H3/t9-,10-,13-/m1/s1.